The molecule has 10 nitrogen and oxygen atoms in total. The van der Waals surface area contributed by atoms with Gasteiger partial charge in [-0.15, -0.1) is 0 Å². The standard InChI is InChI=1S/C33H35F3N4O6.HI/c1-3-44-31(42)23-7-11-25(12-8-23)38-32(43)39-27(16-21-4-9-24(10-5-21)33(34,35)36)30(41)37-26-14-15-40(2,19-26)18-22-6-13-28-29(17-22)46-20-45-28;/h4-13,17,26-27H,3,14-16,18-20H2,1-2H3,(H2-,37,38,39,41,42,43);1H/t26-,27-,40?;/m0./s1. The van der Waals surface area contributed by atoms with Crippen LogP contribution in [0.4, 0.5) is 23.7 Å². The minimum Gasteiger partial charge on any atom is -1.00 e. The maximum Gasteiger partial charge on any atom is 0.416 e. The van der Waals surface area contributed by atoms with E-state index in [1.807, 2.05) is 18.2 Å². The number of nitrogens with one attached hydrogen (secondary N) is 3. The number of hydrogen-bond acceptors (Lipinski definition) is 6. The number of carbonyl (C=O) groups excluding carboxylic acids is 3. The number of benzene rings is 3. The molecule has 2 heterocycles. The molecule has 0 radical (unpaired) electrons. The highest BCUT2D eigenvalue weighted by Gasteiger charge is 2.37. The fourth-order valence-corrected chi connectivity index (χ4v) is 5.73. The van der Waals surface area contributed by atoms with Gasteiger partial charge in [-0.3, -0.25) is 4.79 Å². The Morgan fingerprint density at radius 3 is 2.34 bits per heavy atom. The molecule has 1 fully saturated rings. The summed E-state index contributed by atoms with van der Waals surface area (Å²) in [6.07, 6.45) is -3.82. The number of alkyl halides is 3. The molecule has 3 aromatic rings. The monoisotopic (exact) mass is 768 g/mol. The minimum atomic E-state index is -4.50. The molecule has 1 unspecified atom stereocenters. The van der Waals surface area contributed by atoms with Gasteiger partial charge in [0, 0.05) is 24.1 Å². The lowest BCUT2D eigenvalue weighted by atomic mass is 10.0. The lowest BCUT2D eigenvalue weighted by Gasteiger charge is -2.30. The largest absolute Gasteiger partial charge is 1.00 e. The van der Waals surface area contributed by atoms with Crippen molar-refractivity contribution < 1.29 is 70.2 Å². The fraction of sp³-hybridized carbons (Fsp3) is 0.364. The number of nitrogens with zero attached hydrogens (tertiary/aromatic N) is 1. The number of ether oxygens (including phenoxy) is 3. The Kier molecular flexibility index (Phi) is 11.6. The van der Waals surface area contributed by atoms with Crippen LogP contribution in [0.1, 0.15) is 40.4 Å². The first kappa shape index (κ1) is 35.8. The van der Waals surface area contributed by atoms with Gasteiger partial charge >= 0.3 is 18.2 Å². The highest BCUT2D eigenvalue weighted by Crippen LogP contribution is 2.34. The molecule has 2 aliphatic rings. The topological polar surface area (TPSA) is 115 Å². The van der Waals surface area contributed by atoms with E-state index < -0.39 is 35.7 Å². The van der Waals surface area contributed by atoms with Crippen molar-refractivity contribution >= 4 is 23.6 Å². The summed E-state index contributed by atoms with van der Waals surface area (Å²) in [6, 6.07) is 14.4. The quantitative estimate of drug-likeness (QED) is 0.165. The molecule has 5 rings (SSSR count). The van der Waals surface area contributed by atoms with Crippen molar-refractivity contribution in [3.05, 3.63) is 89.0 Å². The Morgan fingerprint density at radius 1 is 0.979 bits per heavy atom. The Balaban J connectivity index is 0.00000500. The summed E-state index contributed by atoms with van der Waals surface area (Å²) >= 11 is 0. The molecular weight excluding hydrogens is 732 g/mol. The average molecular weight is 769 g/mol. The molecule has 47 heavy (non-hydrogen) atoms. The van der Waals surface area contributed by atoms with Gasteiger partial charge in [0.25, 0.3) is 0 Å². The van der Waals surface area contributed by atoms with Crippen molar-refractivity contribution in [2.24, 2.45) is 0 Å². The molecular formula is C33H36F3IN4O6. The van der Waals surface area contributed by atoms with Crippen molar-refractivity contribution in [3.8, 4) is 11.5 Å². The number of carbonyl (C=O) groups is 3. The molecule has 252 valence electrons. The lowest BCUT2D eigenvalue weighted by Crippen LogP contribution is -3.00. The summed E-state index contributed by atoms with van der Waals surface area (Å²) in [5, 5.41) is 8.35. The summed E-state index contributed by atoms with van der Waals surface area (Å²) in [4.78, 5) is 38.5. The van der Waals surface area contributed by atoms with Crippen LogP contribution >= 0.6 is 0 Å². The van der Waals surface area contributed by atoms with Crippen LogP contribution < -0.4 is 49.4 Å². The Labute approximate surface area is 287 Å². The predicted octanol–water partition coefficient (Wildman–Crippen LogP) is 1.88. The summed E-state index contributed by atoms with van der Waals surface area (Å²) < 4.78 is 55.9. The van der Waals surface area contributed by atoms with Crippen molar-refractivity contribution in [2.45, 2.75) is 44.6 Å². The van der Waals surface area contributed by atoms with Crippen molar-refractivity contribution in [2.75, 3.05) is 38.9 Å². The van der Waals surface area contributed by atoms with E-state index in [0.29, 0.717) is 52.3 Å². The maximum absolute atomic E-state index is 13.6. The number of esters is 1. The third kappa shape index (κ3) is 9.50. The van der Waals surface area contributed by atoms with Gasteiger partial charge in [-0.2, -0.15) is 13.2 Å². The SMILES string of the molecule is CCOC(=O)c1ccc(NC(=O)N[C@@H](Cc2ccc(C(F)(F)F)cc2)C(=O)N[C@H]2CC[N+](C)(Cc3ccc4c(c3)OCO4)C2)cc1.[I-]. The number of fused-ring (bicyclic) bond motifs is 1. The molecule has 14 heteroatoms. The van der Waals surface area contributed by atoms with Gasteiger partial charge in [0.05, 0.1) is 43.9 Å². The third-order valence-electron chi connectivity index (χ3n) is 8.02. The first-order chi connectivity index (χ1) is 21.9. The van der Waals surface area contributed by atoms with E-state index in [9.17, 15) is 27.6 Å². The van der Waals surface area contributed by atoms with E-state index in [1.54, 1.807) is 6.92 Å². The second-order valence-electron chi connectivity index (χ2n) is 11.7. The number of amides is 3. The second kappa shape index (κ2) is 15.2. The van der Waals surface area contributed by atoms with E-state index in [4.69, 9.17) is 14.2 Å². The first-order valence-corrected chi connectivity index (χ1v) is 14.9. The van der Waals surface area contributed by atoms with E-state index in [1.165, 1.54) is 36.4 Å². The second-order valence-corrected chi connectivity index (χ2v) is 11.7. The normalized spacial score (nSPS) is 18.9. The van der Waals surface area contributed by atoms with Gasteiger partial charge in [-0.05, 0) is 67.1 Å². The van der Waals surface area contributed by atoms with Crippen LogP contribution in [0, 0.1) is 0 Å². The number of urea groups is 1. The van der Waals surface area contributed by atoms with Crippen LogP contribution in [0.5, 0.6) is 11.5 Å². The maximum atomic E-state index is 13.6. The highest BCUT2D eigenvalue weighted by molar-refractivity contribution is 5.95. The molecule has 3 atom stereocenters. The van der Waals surface area contributed by atoms with Gasteiger partial charge < -0.3 is 58.6 Å². The zero-order valence-electron chi connectivity index (χ0n) is 25.9. The number of rotatable bonds is 10. The summed E-state index contributed by atoms with van der Waals surface area (Å²) in [7, 11) is 2.11. The van der Waals surface area contributed by atoms with E-state index in [-0.39, 0.29) is 49.8 Å². The Morgan fingerprint density at radius 2 is 1.66 bits per heavy atom. The molecule has 2 aliphatic heterocycles. The van der Waals surface area contributed by atoms with Gasteiger partial charge in [0.2, 0.25) is 12.7 Å². The van der Waals surface area contributed by atoms with Crippen LogP contribution in [-0.4, -0.2) is 68.0 Å². The Hall–Kier alpha value is -4.05. The van der Waals surface area contributed by atoms with Crippen LogP contribution in [-0.2, 0) is 28.7 Å². The van der Waals surface area contributed by atoms with Gasteiger partial charge in [-0.1, -0.05) is 12.1 Å². The molecule has 3 amide bonds. The van der Waals surface area contributed by atoms with Gasteiger partial charge in [0.15, 0.2) is 11.5 Å². The zero-order chi connectivity index (χ0) is 32.9. The average Bonchev–Trinajstić information content (AvgIpc) is 3.62. The molecule has 1 saturated heterocycles. The fourth-order valence-electron chi connectivity index (χ4n) is 5.73. The van der Waals surface area contributed by atoms with Gasteiger partial charge in [-0.25, -0.2) is 9.59 Å². The summed E-state index contributed by atoms with van der Waals surface area (Å²) in [5.41, 5.74) is 1.40. The van der Waals surface area contributed by atoms with Crippen molar-refractivity contribution in [1.82, 2.24) is 10.6 Å². The van der Waals surface area contributed by atoms with E-state index in [0.717, 1.165) is 24.2 Å². The Bertz CT molecular complexity index is 1570. The molecule has 3 N–H and O–H groups in total. The lowest BCUT2D eigenvalue weighted by molar-refractivity contribution is -0.911. The smallest absolute Gasteiger partial charge is 0.416 e. The predicted molar refractivity (Wildman–Crippen MR) is 162 cm³/mol. The van der Waals surface area contributed by atoms with Crippen molar-refractivity contribution in [1.29, 1.82) is 0 Å². The molecule has 0 aliphatic carbocycles. The number of quaternary nitrogens is 1. The van der Waals surface area contributed by atoms with Crippen LogP contribution in [0.3, 0.4) is 0 Å². The molecule has 0 spiro atoms. The zero-order valence-corrected chi connectivity index (χ0v) is 28.0. The third-order valence-corrected chi connectivity index (χ3v) is 8.02. The van der Waals surface area contributed by atoms with E-state index >= 15 is 0 Å². The van der Waals surface area contributed by atoms with Crippen LogP contribution in [0.15, 0.2) is 66.7 Å². The number of hydrogen-bond donors (Lipinski definition) is 3. The van der Waals surface area contributed by atoms with E-state index in [2.05, 4.69) is 23.0 Å². The first-order valence-electron chi connectivity index (χ1n) is 14.9. The van der Waals surface area contributed by atoms with Crippen molar-refractivity contribution in [3.63, 3.8) is 0 Å². The number of likely N-dealkylation sites (tertiary alicyclic amines) is 1. The molecule has 3 aromatic carbocycles. The highest BCUT2D eigenvalue weighted by atomic mass is 127. The molecule has 0 aromatic heterocycles. The van der Waals surface area contributed by atoms with Crippen LogP contribution in [0.2, 0.25) is 0 Å². The number of likely N-dealkylation sites (N-methyl/N-ethyl adjacent to an activating group) is 1. The van der Waals surface area contributed by atoms with Crippen LogP contribution in [0.25, 0.3) is 0 Å². The minimum absolute atomic E-state index is 0. The molecule has 0 bridgehead atoms. The summed E-state index contributed by atoms with van der Waals surface area (Å²) in [6.45, 7) is 4.28. The molecule has 0 saturated carbocycles. The van der Waals surface area contributed by atoms with Gasteiger partial charge in [0.1, 0.15) is 12.6 Å². The number of anilines is 1. The number of halogens is 4. The summed E-state index contributed by atoms with van der Waals surface area (Å²) in [5.74, 6) is 0.472.